The molecule has 6 heteroatoms. The molecule has 1 aliphatic rings. The van der Waals surface area contributed by atoms with Crippen molar-refractivity contribution in [1.82, 2.24) is 9.80 Å². The lowest BCUT2D eigenvalue weighted by atomic mass is 10.2. The van der Waals surface area contributed by atoms with Gasteiger partial charge in [-0.1, -0.05) is 0 Å². The van der Waals surface area contributed by atoms with Crippen LogP contribution in [0.2, 0.25) is 0 Å². The third kappa shape index (κ3) is 4.53. The average Bonchev–Trinajstić information content (AvgIpc) is 2.70. The minimum Gasteiger partial charge on any atom is -0.305 e. The Hall–Kier alpha value is -1.42. The van der Waals surface area contributed by atoms with Gasteiger partial charge in [-0.25, -0.2) is 8.42 Å². The summed E-state index contributed by atoms with van der Waals surface area (Å²) in [5.41, 5.74) is 0.476. The van der Waals surface area contributed by atoms with Gasteiger partial charge in [-0.3, -0.25) is 0 Å². The maximum atomic E-state index is 12.3. The minimum atomic E-state index is -3.27. The molecule has 5 nitrogen and oxygen atoms in total. The van der Waals surface area contributed by atoms with Gasteiger partial charge in [0.1, 0.15) is 0 Å². The molecule has 1 fully saturated rings. The highest BCUT2D eigenvalue weighted by atomic mass is 32.2. The molecule has 0 amide bonds. The summed E-state index contributed by atoms with van der Waals surface area (Å²) < 4.78 is 24.6. The van der Waals surface area contributed by atoms with Crippen molar-refractivity contribution in [3.8, 4) is 6.07 Å². The van der Waals surface area contributed by atoms with Crippen LogP contribution in [0.15, 0.2) is 29.2 Å². The van der Waals surface area contributed by atoms with Crippen LogP contribution in [-0.2, 0) is 9.84 Å². The number of hydrogen-bond acceptors (Lipinski definition) is 5. The molecule has 0 radical (unpaired) electrons. The molecule has 0 aromatic heterocycles. The fraction of sp³-hybridized carbons (Fsp3) is 0.533. The van der Waals surface area contributed by atoms with E-state index in [1.807, 2.05) is 6.07 Å². The SMILES string of the molecule is CN1CCCN(CCS(=O)(=O)c2ccc(C#N)cc2)CC1. The predicted molar refractivity (Wildman–Crippen MR) is 81.8 cm³/mol. The fourth-order valence-corrected chi connectivity index (χ4v) is 3.71. The maximum absolute atomic E-state index is 12.3. The molecule has 21 heavy (non-hydrogen) atoms. The third-order valence-corrected chi connectivity index (χ3v) is 5.54. The number of rotatable bonds is 4. The number of benzene rings is 1. The van der Waals surface area contributed by atoms with Crippen molar-refractivity contribution in [3.63, 3.8) is 0 Å². The van der Waals surface area contributed by atoms with E-state index in [-0.39, 0.29) is 5.75 Å². The Kier molecular flexibility index (Phi) is 5.34. The molecular formula is C15H21N3O2S. The van der Waals surface area contributed by atoms with Gasteiger partial charge in [-0.15, -0.1) is 0 Å². The number of hydrogen-bond donors (Lipinski definition) is 0. The summed E-state index contributed by atoms with van der Waals surface area (Å²) in [7, 11) is -1.18. The smallest absolute Gasteiger partial charge is 0.179 e. The second-order valence-corrected chi connectivity index (χ2v) is 7.56. The highest BCUT2D eigenvalue weighted by molar-refractivity contribution is 7.91. The first kappa shape index (κ1) is 16.0. The lowest BCUT2D eigenvalue weighted by Crippen LogP contribution is -2.33. The molecule has 0 saturated carbocycles. The molecule has 0 N–H and O–H groups in total. The summed E-state index contributed by atoms with van der Waals surface area (Å²) in [5, 5.41) is 8.74. The standard InChI is InChI=1S/C15H21N3O2S/c1-17-7-2-8-18(10-9-17)11-12-21(19,20)15-5-3-14(13-16)4-6-15/h3-6H,2,7-12H2,1H3. The number of nitriles is 1. The molecule has 1 aliphatic heterocycles. The van der Waals surface area contributed by atoms with Gasteiger partial charge in [-0.2, -0.15) is 5.26 Å². The van der Waals surface area contributed by atoms with Crippen molar-refractivity contribution in [3.05, 3.63) is 29.8 Å². The lowest BCUT2D eigenvalue weighted by Gasteiger charge is -2.19. The van der Waals surface area contributed by atoms with Gasteiger partial charge < -0.3 is 9.80 Å². The summed E-state index contributed by atoms with van der Waals surface area (Å²) in [5.74, 6) is 0.128. The normalized spacial score (nSPS) is 18.1. The number of nitrogens with zero attached hydrogens (tertiary/aromatic N) is 3. The molecule has 2 rings (SSSR count). The first-order valence-corrected chi connectivity index (χ1v) is 8.80. The fourth-order valence-electron chi connectivity index (χ4n) is 2.43. The third-order valence-electron chi connectivity index (χ3n) is 3.83. The first-order valence-electron chi connectivity index (χ1n) is 7.15. The van der Waals surface area contributed by atoms with Crippen LogP contribution >= 0.6 is 0 Å². The Balaban J connectivity index is 1.96. The van der Waals surface area contributed by atoms with Gasteiger partial charge in [0.25, 0.3) is 0 Å². The molecule has 0 unspecified atom stereocenters. The second-order valence-electron chi connectivity index (χ2n) is 5.45. The summed E-state index contributed by atoms with van der Waals surface area (Å²) in [6, 6.07) is 8.13. The molecule has 0 aliphatic carbocycles. The first-order chi connectivity index (χ1) is 10.0. The zero-order chi connectivity index (χ0) is 15.3. The summed E-state index contributed by atoms with van der Waals surface area (Å²) in [6.07, 6.45) is 1.08. The van der Waals surface area contributed by atoms with Crippen LogP contribution in [0.5, 0.6) is 0 Å². The summed E-state index contributed by atoms with van der Waals surface area (Å²) >= 11 is 0. The van der Waals surface area contributed by atoms with Crippen molar-refractivity contribution in [2.24, 2.45) is 0 Å². The highest BCUT2D eigenvalue weighted by Gasteiger charge is 2.18. The van der Waals surface area contributed by atoms with Crippen LogP contribution in [0.4, 0.5) is 0 Å². The van der Waals surface area contributed by atoms with Crippen molar-refractivity contribution in [2.75, 3.05) is 45.5 Å². The molecule has 0 bridgehead atoms. The topological polar surface area (TPSA) is 64.4 Å². The highest BCUT2D eigenvalue weighted by Crippen LogP contribution is 2.13. The second kappa shape index (κ2) is 7.03. The molecule has 0 atom stereocenters. The lowest BCUT2D eigenvalue weighted by molar-refractivity contribution is 0.289. The van der Waals surface area contributed by atoms with Crippen LogP contribution < -0.4 is 0 Å². The molecular weight excluding hydrogens is 286 g/mol. The zero-order valence-electron chi connectivity index (χ0n) is 12.3. The molecule has 1 aromatic rings. The van der Waals surface area contributed by atoms with Gasteiger partial charge in [0.15, 0.2) is 9.84 Å². The van der Waals surface area contributed by atoms with Crippen LogP contribution in [0.1, 0.15) is 12.0 Å². The van der Waals surface area contributed by atoms with Crippen molar-refractivity contribution in [1.29, 1.82) is 5.26 Å². The Morgan fingerprint density at radius 3 is 2.52 bits per heavy atom. The minimum absolute atomic E-state index is 0.128. The summed E-state index contributed by atoms with van der Waals surface area (Å²) in [4.78, 5) is 4.79. The number of sulfone groups is 1. The van der Waals surface area contributed by atoms with Gasteiger partial charge >= 0.3 is 0 Å². The van der Waals surface area contributed by atoms with E-state index >= 15 is 0 Å². The van der Waals surface area contributed by atoms with Crippen molar-refractivity contribution in [2.45, 2.75) is 11.3 Å². The van der Waals surface area contributed by atoms with Gasteiger partial charge in [0, 0.05) is 19.6 Å². The van der Waals surface area contributed by atoms with E-state index in [2.05, 4.69) is 16.8 Å². The Morgan fingerprint density at radius 2 is 1.86 bits per heavy atom. The van der Waals surface area contributed by atoms with E-state index in [0.29, 0.717) is 17.0 Å². The summed E-state index contributed by atoms with van der Waals surface area (Å²) in [6.45, 7) is 4.48. The van der Waals surface area contributed by atoms with Gasteiger partial charge in [-0.05, 0) is 50.8 Å². The molecule has 1 aromatic carbocycles. The van der Waals surface area contributed by atoms with E-state index in [0.717, 1.165) is 32.6 Å². The van der Waals surface area contributed by atoms with E-state index in [1.165, 1.54) is 12.1 Å². The molecule has 114 valence electrons. The van der Waals surface area contributed by atoms with Crippen LogP contribution in [-0.4, -0.2) is 63.7 Å². The molecule has 1 heterocycles. The van der Waals surface area contributed by atoms with Gasteiger partial charge in [0.2, 0.25) is 0 Å². The Bertz CT molecular complexity index is 605. The monoisotopic (exact) mass is 307 g/mol. The van der Waals surface area contributed by atoms with Crippen LogP contribution in [0.3, 0.4) is 0 Å². The Morgan fingerprint density at radius 1 is 1.14 bits per heavy atom. The average molecular weight is 307 g/mol. The van der Waals surface area contributed by atoms with E-state index in [9.17, 15) is 8.42 Å². The largest absolute Gasteiger partial charge is 0.305 e. The van der Waals surface area contributed by atoms with E-state index < -0.39 is 9.84 Å². The van der Waals surface area contributed by atoms with Gasteiger partial charge in [0.05, 0.1) is 22.3 Å². The van der Waals surface area contributed by atoms with E-state index in [4.69, 9.17) is 5.26 Å². The maximum Gasteiger partial charge on any atom is 0.179 e. The quantitative estimate of drug-likeness (QED) is 0.829. The number of likely N-dealkylation sites (N-methyl/N-ethyl adjacent to an activating group) is 1. The predicted octanol–water partition coefficient (Wildman–Crippen LogP) is 0.969. The molecule has 1 saturated heterocycles. The van der Waals surface area contributed by atoms with Crippen LogP contribution in [0, 0.1) is 11.3 Å². The van der Waals surface area contributed by atoms with Crippen LogP contribution in [0.25, 0.3) is 0 Å². The van der Waals surface area contributed by atoms with Crippen molar-refractivity contribution >= 4 is 9.84 Å². The Labute approximate surface area is 126 Å². The van der Waals surface area contributed by atoms with E-state index in [1.54, 1.807) is 12.1 Å². The zero-order valence-corrected chi connectivity index (χ0v) is 13.1. The van der Waals surface area contributed by atoms with Crippen molar-refractivity contribution < 1.29 is 8.42 Å². The molecule has 0 spiro atoms.